The van der Waals surface area contributed by atoms with E-state index >= 15 is 0 Å². The van der Waals surface area contributed by atoms with Crippen LogP contribution in [0.5, 0.6) is 0 Å². The third kappa shape index (κ3) is 3.60. The Bertz CT molecular complexity index is 711. The molecule has 1 aromatic carbocycles. The van der Waals surface area contributed by atoms with Gasteiger partial charge in [0.1, 0.15) is 5.82 Å². The van der Waals surface area contributed by atoms with Gasteiger partial charge in [-0.2, -0.15) is 4.31 Å². The Hall–Kier alpha value is -1.51. The van der Waals surface area contributed by atoms with Crippen LogP contribution in [0, 0.1) is 5.82 Å². The molecule has 1 N–H and O–H groups in total. The minimum Gasteiger partial charge on any atom is -0.379 e. The zero-order chi connectivity index (χ0) is 17.2. The largest absolute Gasteiger partial charge is 0.379 e. The molecular formula is C16H21FN2O4S. The average molecular weight is 356 g/mol. The van der Waals surface area contributed by atoms with Crippen LogP contribution in [0.2, 0.25) is 0 Å². The molecule has 0 unspecified atom stereocenters. The SMILES string of the molecule is O=C(NC1CCCC1)c1cc(S(=O)(=O)N2CCOCC2)ccc1F. The fourth-order valence-corrected chi connectivity index (χ4v) is 4.54. The van der Waals surface area contributed by atoms with Crippen molar-refractivity contribution in [1.29, 1.82) is 0 Å². The van der Waals surface area contributed by atoms with E-state index in [1.165, 1.54) is 10.4 Å². The maximum atomic E-state index is 14.0. The van der Waals surface area contributed by atoms with Crippen molar-refractivity contribution in [3.05, 3.63) is 29.6 Å². The van der Waals surface area contributed by atoms with Gasteiger partial charge in [0.15, 0.2) is 0 Å². The summed E-state index contributed by atoms with van der Waals surface area (Å²) in [6, 6.07) is 3.41. The summed E-state index contributed by atoms with van der Waals surface area (Å²) in [6.07, 6.45) is 3.83. The molecule has 3 rings (SSSR count). The van der Waals surface area contributed by atoms with Gasteiger partial charge in [-0.05, 0) is 31.0 Å². The molecule has 1 aromatic rings. The number of ether oxygens (including phenoxy) is 1. The summed E-state index contributed by atoms with van der Waals surface area (Å²) < 4.78 is 45.8. The van der Waals surface area contributed by atoms with Gasteiger partial charge in [0, 0.05) is 19.1 Å². The molecule has 2 aliphatic rings. The monoisotopic (exact) mass is 356 g/mol. The van der Waals surface area contributed by atoms with E-state index in [0.717, 1.165) is 37.8 Å². The van der Waals surface area contributed by atoms with E-state index < -0.39 is 21.7 Å². The van der Waals surface area contributed by atoms with Gasteiger partial charge in [0.2, 0.25) is 10.0 Å². The van der Waals surface area contributed by atoms with Crippen LogP contribution in [-0.2, 0) is 14.8 Å². The number of rotatable bonds is 4. The second kappa shape index (κ2) is 7.16. The number of hydrogen-bond donors (Lipinski definition) is 1. The molecule has 0 atom stereocenters. The first kappa shape index (κ1) is 17.3. The van der Waals surface area contributed by atoms with Gasteiger partial charge < -0.3 is 10.1 Å². The van der Waals surface area contributed by atoms with Gasteiger partial charge in [-0.25, -0.2) is 12.8 Å². The van der Waals surface area contributed by atoms with Crippen molar-refractivity contribution in [2.45, 2.75) is 36.6 Å². The number of morpholine rings is 1. The summed E-state index contributed by atoms with van der Waals surface area (Å²) >= 11 is 0. The molecule has 0 spiro atoms. The van der Waals surface area contributed by atoms with Gasteiger partial charge in [-0.1, -0.05) is 12.8 Å². The number of benzene rings is 1. The maximum Gasteiger partial charge on any atom is 0.254 e. The quantitative estimate of drug-likeness (QED) is 0.887. The molecule has 1 saturated heterocycles. The van der Waals surface area contributed by atoms with Crippen molar-refractivity contribution in [2.75, 3.05) is 26.3 Å². The lowest BCUT2D eigenvalue weighted by Crippen LogP contribution is -2.40. The van der Waals surface area contributed by atoms with Gasteiger partial charge in [-0.3, -0.25) is 4.79 Å². The van der Waals surface area contributed by atoms with Crippen LogP contribution >= 0.6 is 0 Å². The van der Waals surface area contributed by atoms with Crippen molar-refractivity contribution >= 4 is 15.9 Å². The van der Waals surface area contributed by atoms with Crippen molar-refractivity contribution in [2.24, 2.45) is 0 Å². The van der Waals surface area contributed by atoms with E-state index in [4.69, 9.17) is 4.74 Å². The van der Waals surface area contributed by atoms with Crippen LogP contribution in [0.15, 0.2) is 23.1 Å². The third-order valence-electron chi connectivity index (χ3n) is 4.48. The molecule has 1 aliphatic heterocycles. The van der Waals surface area contributed by atoms with E-state index in [-0.39, 0.29) is 29.6 Å². The van der Waals surface area contributed by atoms with Gasteiger partial charge >= 0.3 is 0 Å². The van der Waals surface area contributed by atoms with Crippen LogP contribution in [0.25, 0.3) is 0 Å². The lowest BCUT2D eigenvalue weighted by atomic mass is 10.1. The van der Waals surface area contributed by atoms with Crippen LogP contribution in [0.3, 0.4) is 0 Å². The molecule has 1 heterocycles. The Morgan fingerprint density at radius 1 is 1.21 bits per heavy atom. The summed E-state index contributed by atoms with van der Waals surface area (Å²) in [5, 5.41) is 2.79. The van der Waals surface area contributed by atoms with Crippen LogP contribution < -0.4 is 5.32 Å². The van der Waals surface area contributed by atoms with E-state index in [1.54, 1.807) is 0 Å². The van der Waals surface area contributed by atoms with Crippen LogP contribution in [-0.4, -0.2) is 51.0 Å². The molecule has 0 radical (unpaired) electrons. The number of sulfonamides is 1. The Morgan fingerprint density at radius 3 is 2.54 bits per heavy atom. The maximum absolute atomic E-state index is 14.0. The zero-order valence-electron chi connectivity index (χ0n) is 13.3. The summed E-state index contributed by atoms with van der Waals surface area (Å²) in [6.45, 7) is 1.16. The Balaban J connectivity index is 1.83. The van der Waals surface area contributed by atoms with Crippen LogP contribution in [0.4, 0.5) is 4.39 Å². The molecule has 1 saturated carbocycles. The van der Waals surface area contributed by atoms with Gasteiger partial charge in [0.25, 0.3) is 5.91 Å². The minimum absolute atomic E-state index is 0.0383. The third-order valence-corrected chi connectivity index (χ3v) is 6.38. The second-order valence-corrected chi connectivity index (χ2v) is 8.05. The first-order chi connectivity index (χ1) is 11.5. The van der Waals surface area contributed by atoms with Gasteiger partial charge in [-0.15, -0.1) is 0 Å². The highest BCUT2D eigenvalue weighted by Gasteiger charge is 2.28. The molecule has 6 nitrogen and oxygen atoms in total. The Labute approximate surface area is 141 Å². The fourth-order valence-electron chi connectivity index (χ4n) is 3.11. The summed E-state index contributed by atoms with van der Waals surface area (Å²) in [5.74, 6) is -1.27. The highest BCUT2D eigenvalue weighted by molar-refractivity contribution is 7.89. The first-order valence-corrected chi connectivity index (χ1v) is 9.61. The highest BCUT2D eigenvalue weighted by atomic mass is 32.2. The molecule has 0 bridgehead atoms. The normalized spacial score (nSPS) is 20.2. The lowest BCUT2D eigenvalue weighted by molar-refractivity contribution is 0.0730. The molecular weight excluding hydrogens is 335 g/mol. The smallest absolute Gasteiger partial charge is 0.254 e. The number of amides is 1. The van der Waals surface area contributed by atoms with Crippen LogP contribution in [0.1, 0.15) is 36.0 Å². The summed E-state index contributed by atoms with van der Waals surface area (Å²) in [7, 11) is -3.76. The number of hydrogen-bond acceptors (Lipinski definition) is 4. The van der Waals surface area contributed by atoms with Crippen molar-refractivity contribution in [3.8, 4) is 0 Å². The Morgan fingerprint density at radius 2 is 1.88 bits per heavy atom. The summed E-state index contributed by atoms with van der Waals surface area (Å²) in [4.78, 5) is 12.2. The Kier molecular flexibility index (Phi) is 5.17. The number of carbonyl (C=O) groups is 1. The number of nitrogens with zero attached hydrogens (tertiary/aromatic N) is 1. The standard InChI is InChI=1S/C16H21FN2O4S/c17-15-6-5-13(24(21,22)19-7-9-23-10-8-19)11-14(15)16(20)18-12-3-1-2-4-12/h5-6,11-12H,1-4,7-10H2,(H,18,20). The zero-order valence-corrected chi connectivity index (χ0v) is 14.1. The number of carbonyl (C=O) groups excluding carboxylic acids is 1. The summed E-state index contributed by atoms with van der Waals surface area (Å²) in [5.41, 5.74) is -0.226. The fraction of sp³-hybridized carbons (Fsp3) is 0.562. The molecule has 2 fully saturated rings. The molecule has 0 aromatic heterocycles. The van der Waals surface area contributed by atoms with Crippen molar-refractivity contribution in [3.63, 3.8) is 0 Å². The molecule has 24 heavy (non-hydrogen) atoms. The predicted octanol–water partition coefficient (Wildman–Crippen LogP) is 1.52. The molecule has 8 heteroatoms. The average Bonchev–Trinajstić information content (AvgIpc) is 3.08. The second-order valence-electron chi connectivity index (χ2n) is 6.11. The molecule has 132 valence electrons. The predicted molar refractivity (Wildman–Crippen MR) is 85.7 cm³/mol. The van der Waals surface area contributed by atoms with Gasteiger partial charge in [0.05, 0.1) is 23.7 Å². The minimum atomic E-state index is -3.76. The van der Waals surface area contributed by atoms with E-state index in [9.17, 15) is 17.6 Å². The van der Waals surface area contributed by atoms with E-state index in [2.05, 4.69) is 5.32 Å². The topological polar surface area (TPSA) is 75.7 Å². The molecule has 1 aliphatic carbocycles. The number of nitrogens with one attached hydrogen (secondary N) is 1. The van der Waals surface area contributed by atoms with Crippen molar-refractivity contribution < 1.29 is 22.3 Å². The first-order valence-electron chi connectivity index (χ1n) is 8.17. The van der Waals surface area contributed by atoms with E-state index in [1.807, 2.05) is 0 Å². The highest BCUT2D eigenvalue weighted by Crippen LogP contribution is 2.22. The van der Waals surface area contributed by atoms with Crippen molar-refractivity contribution in [1.82, 2.24) is 9.62 Å². The molecule has 1 amide bonds. The lowest BCUT2D eigenvalue weighted by Gasteiger charge is -2.26. The number of halogens is 1. The van der Waals surface area contributed by atoms with E-state index in [0.29, 0.717) is 13.2 Å².